The molecule has 0 aromatic heterocycles. The van der Waals surface area contributed by atoms with Gasteiger partial charge in [0.2, 0.25) is 0 Å². The van der Waals surface area contributed by atoms with Crippen LogP contribution in [0.15, 0.2) is 24.3 Å². The van der Waals surface area contributed by atoms with Gasteiger partial charge in [0.15, 0.2) is 0 Å². The van der Waals surface area contributed by atoms with Gasteiger partial charge in [-0.15, -0.1) is 0 Å². The molecule has 0 radical (unpaired) electrons. The van der Waals surface area contributed by atoms with Gasteiger partial charge in [-0.25, -0.2) is 4.79 Å². The molecule has 1 rings (SSSR count). The number of carbonyl (C=O) groups excluding carboxylic acids is 1. The molecular weight excluding hydrogens is 273 g/mol. The van der Waals surface area contributed by atoms with Crippen molar-refractivity contribution in [2.24, 2.45) is 0 Å². The molecule has 2 N–H and O–H groups in total. The Morgan fingerprint density at radius 1 is 1.30 bits per heavy atom. The molecule has 0 aliphatic carbocycles. The summed E-state index contributed by atoms with van der Waals surface area (Å²) in [7, 11) is 1.56. The molecule has 1 aromatic carbocycles. The summed E-state index contributed by atoms with van der Waals surface area (Å²) in [6.07, 6.45) is -3.70. The summed E-state index contributed by atoms with van der Waals surface area (Å²) in [5.41, 5.74) is -0.329. The van der Waals surface area contributed by atoms with E-state index in [2.05, 4.69) is 10.6 Å². The highest BCUT2D eigenvalue weighted by Crippen LogP contribution is 2.29. The quantitative estimate of drug-likeness (QED) is 0.791. The number of nitrogens with one attached hydrogen (secondary N) is 2. The molecule has 0 unspecified atom stereocenters. The first-order valence-corrected chi connectivity index (χ1v) is 6.10. The Morgan fingerprint density at radius 2 is 2.05 bits per heavy atom. The maximum Gasteiger partial charge on any atom is 0.416 e. The van der Waals surface area contributed by atoms with Gasteiger partial charge in [-0.3, -0.25) is 0 Å². The van der Waals surface area contributed by atoms with Crippen molar-refractivity contribution < 1.29 is 22.7 Å². The lowest BCUT2D eigenvalue weighted by atomic mass is 10.1. The number of hydrogen-bond donors (Lipinski definition) is 2. The number of alkyl halides is 3. The molecule has 0 atom stereocenters. The van der Waals surface area contributed by atoms with Crippen molar-refractivity contribution in [3.8, 4) is 0 Å². The number of carbonyl (C=O) groups is 1. The highest BCUT2D eigenvalue weighted by atomic mass is 19.4. The Morgan fingerprint density at radius 3 is 2.70 bits per heavy atom. The molecule has 0 aliphatic heterocycles. The summed E-state index contributed by atoms with van der Waals surface area (Å²) in [4.78, 5) is 11.4. The van der Waals surface area contributed by atoms with E-state index in [4.69, 9.17) is 4.74 Å². The van der Waals surface area contributed by atoms with Crippen LogP contribution in [0.2, 0.25) is 0 Å². The Kier molecular flexibility index (Phi) is 6.30. The fourth-order valence-electron chi connectivity index (χ4n) is 1.52. The SMILES string of the molecule is COCCCNC(=O)NCc1cccc(C(F)(F)F)c1. The zero-order chi connectivity index (χ0) is 15.0. The highest BCUT2D eigenvalue weighted by Gasteiger charge is 2.30. The van der Waals surface area contributed by atoms with E-state index in [1.165, 1.54) is 12.1 Å². The van der Waals surface area contributed by atoms with Crippen LogP contribution in [0.3, 0.4) is 0 Å². The van der Waals surface area contributed by atoms with Gasteiger partial charge < -0.3 is 15.4 Å². The molecule has 1 aromatic rings. The summed E-state index contributed by atoms with van der Waals surface area (Å²) in [6, 6.07) is 4.44. The van der Waals surface area contributed by atoms with Crippen LogP contribution in [0.5, 0.6) is 0 Å². The third-order valence-electron chi connectivity index (χ3n) is 2.52. The van der Waals surface area contributed by atoms with Crippen molar-refractivity contribution in [1.82, 2.24) is 10.6 Å². The fraction of sp³-hybridized carbons (Fsp3) is 0.462. The van der Waals surface area contributed by atoms with Crippen LogP contribution in [0, 0.1) is 0 Å². The van der Waals surface area contributed by atoms with Crippen molar-refractivity contribution >= 4 is 6.03 Å². The molecule has 0 spiro atoms. The number of urea groups is 1. The highest BCUT2D eigenvalue weighted by molar-refractivity contribution is 5.73. The van der Waals surface area contributed by atoms with Crippen LogP contribution in [-0.4, -0.2) is 26.3 Å². The van der Waals surface area contributed by atoms with Crippen LogP contribution in [0.25, 0.3) is 0 Å². The van der Waals surface area contributed by atoms with Crippen molar-refractivity contribution in [3.05, 3.63) is 35.4 Å². The first kappa shape index (κ1) is 16.3. The van der Waals surface area contributed by atoms with Gasteiger partial charge in [0.05, 0.1) is 5.56 Å². The number of rotatable bonds is 6. The molecule has 0 aliphatic rings. The maximum atomic E-state index is 12.5. The Balaban J connectivity index is 2.40. The van der Waals surface area contributed by atoms with Crippen LogP contribution < -0.4 is 10.6 Å². The van der Waals surface area contributed by atoms with Crippen molar-refractivity contribution in [2.75, 3.05) is 20.3 Å². The van der Waals surface area contributed by atoms with Crippen molar-refractivity contribution in [2.45, 2.75) is 19.1 Å². The minimum atomic E-state index is -4.38. The zero-order valence-corrected chi connectivity index (χ0v) is 11.1. The molecule has 2 amide bonds. The van der Waals surface area contributed by atoms with E-state index in [1.54, 1.807) is 7.11 Å². The average molecular weight is 290 g/mol. The maximum absolute atomic E-state index is 12.5. The molecule has 0 heterocycles. The largest absolute Gasteiger partial charge is 0.416 e. The number of ether oxygens (including phenoxy) is 1. The number of methoxy groups -OCH3 is 1. The lowest BCUT2D eigenvalue weighted by Crippen LogP contribution is -2.35. The second kappa shape index (κ2) is 7.74. The summed E-state index contributed by atoms with van der Waals surface area (Å²) in [5.74, 6) is 0. The monoisotopic (exact) mass is 290 g/mol. The summed E-state index contributed by atoms with van der Waals surface area (Å²) in [5, 5.41) is 5.08. The topological polar surface area (TPSA) is 50.4 Å². The van der Waals surface area contributed by atoms with Gasteiger partial charge in [0.25, 0.3) is 0 Å². The van der Waals surface area contributed by atoms with Gasteiger partial charge in [0, 0.05) is 26.8 Å². The standard InChI is InChI=1S/C13H17F3N2O2/c1-20-7-3-6-17-12(19)18-9-10-4-2-5-11(8-10)13(14,15)16/h2,4-5,8H,3,6-7,9H2,1H3,(H2,17,18,19). The third-order valence-corrected chi connectivity index (χ3v) is 2.52. The van der Waals surface area contributed by atoms with E-state index >= 15 is 0 Å². The second-order valence-corrected chi connectivity index (χ2v) is 4.15. The average Bonchev–Trinajstić information content (AvgIpc) is 2.41. The van der Waals surface area contributed by atoms with E-state index in [0.29, 0.717) is 25.1 Å². The minimum absolute atomic E-state index is 0.0417. The van der Waals surface area contributed by atoms with E-state index in [1.807, 2.05) is 0 Å². The van der Waals surface area contributed by atoms with Crippen molar-refractivity contribution in [1.29, 1.82) is 0 Å². The number of benzene rings is 1. The molecular formula is C13H17F3N2O2. The van der Waals surface area contributed by atoms with Gasteiger partial charge >= 0.3 is 12.2 Å². The van der Waals surface area contributed by atoms with Crippen LogP contribution in [-0.2, 0) is 17.5 Å². The first-order chi connectivity index (χ1) is 9.43. The number of amides is 2. The van der Waals surface area contributed by atoms with Crippen LogP contribution >= 0.6 is 0 Å². The molecule has 0 saturated carbocycles. The smallest absolute Gasteiger partial charge is 0.385 e. The third kappa shape index (κ3) is 5.92. The fourth-order valence-corrected chi connectivity index (χ4v) is 1.52. The predicted octanol–water partition coefficient (Wildman–Crippen LogP) is 2.54. The van der Waals surface area contributed by atoms with E-state index in [9.17, 15) is 18.0 Å². The number of hydrogen-bond acceptors (Lipinski definition) is 2. The van der Waals surface area contributed by atoms with E-state index in [-0.39, 0.29) is 6.54 Å². The van der Waals surface area contributed by atoms with Gasteiger partial charge in [0.1, 0.15) is 0 Å². The molecule has 4 nitrogen and oxygen atoms in total. The molecule has 0 fully saturated rings. The molecule has 7 heteroatoms. The summed E-state index contributed by atoms with van der Waals surface area (Å²) < 4.78 is 42.3. The van der Waals surface area contributed by atoms with Crippen LogP contribution in [0.1, 0.15) is 17.5 Å². The Bertz CT molecular complexity index is 436. The van der Waals surface area contributed by atoms with E-state index in [0.717, 1.165) is 12.1 Å². The van der Waals surface area contributed by atoms with Gasteiger partial charge in [-0.05, 0) is 24.1 Å². The second-order valence-electron chi connectivity index (χ2n) is 4.15. The normalized spacial score (nSPS) is 11.2. The number of halogens is 3. The summed E-state index contributed by atoms with van der Waals surface area (Å²) in [6.45, 7) is 1.02. The Labute approximate surface area is 115 Å². The minimum Gasteiger partial charge on any atom is -0.385 e. The Hall–Kier alpha value is -1.76. The lowest BCUT2D eigenvalue weighted by molar-refractivity contribution is -0.137. The molecule has 112 valence electrons. The summed E-state index contributed by atoms with van der Waals surface area (Å²) >= 11 is 0. The van der Waals surface area contributed by atoms with Gasteiger partial charge in [-0.1, -0.05) is 12.1 Å². The zero-order valence-electron chi connectivity index (χ0n) is 11.1. The van der Waals surface area contributed by atoms with Gasteiger partial charge in [-0.2, -0.15) is 13.2 Å². The molecule has 20 heavy (non-hydrogen) atoms. The van der Waals surface area contributed by atoms with Crippen LogP contribution in [0.4, 0.5) is 18.0 Å². The predicted molar refractivity (Wildman–Crippen MR) is 68.2 cm³/mol. The molecule has 0 bridgehead atoms. The molecule has 0 saturated heterocycles. The van der Waals surface area contributed by atoms with E-state index < -0.39 is 17.8 Å². The lowest BCUT2D eigenvalue weighted by Gasteiger charge is -2.10. The van der Waals surface area contributed by atoms with Crippen molar-refractivity contribution in [3.63, 3.8) is 0 Å². The first-order valence-electron chi connectivity index (χ1n) is 6.10.